The average molecular weight is 526 g/mol. The fourth-order valence-electron chi connectivity index (χ4n) is 6.25. The number of aromatic nitrogens is 3. The van der Waals surface area contributed by atoms with E-state index in [0.717, 1.165) is 62.5 Å². The number of phenols is 1. The molecule has 9 heteroatoms. The molecule has 202 valence electrons. The maximum absolute atomic E-state index is 10.3. The Morgan fingerprint density at radius 1 is 1.05 bits per heavy atom. The number of para-hydroxylation sites is 1. The van der Waals surface area contributed by atoms with Gasteiger partial charge in [-0.3, -0.25) is 4.90 Å². The number of aliphatic hydroxyl groups is 1. The fourth-order valence-corrected chi connectivity index (χ4v) is 6.25. The maximum atomic E-state index is 10.3. The Kier molecular flexibility index (Phi) is 6.98. The Bertz CT molecular complexity index is 1390. The molecule has 0 amide bonds. The van der Waals surface area contributed by atoms with Crippen molar-refractivity contribution in [3.63, 3.8) is 0 Å². The maximum Gasteiger partial charge on any atom is 0.169 e. The van der Waals surface area contributed by atoms with Crippen LogP contribution >= 0.6 is 0 Å². The van der Waals surface area contributed by atoms with Crippen molar-refractivity contribution in [1.82, 2.24) is 20.1 Å². The average Bonchev–Trinajstić information content (AvgIpc) is 3.09. The normalized spacial score (nSPS) is 24.9. The van der Waals surface area contributed by atoms with E-state index in [0.29, 0.717) is 41.6 Å². The lowest BCUT2D eigenvalue weighted by atomic mass is 9.86. The number of pyridine rings is 1. The number of benzene rings is 1. The van der Waals surface area contributed by atoms with Gasteiger partial charge in [-0.1, -0.05) is 25.0 Å². The quantitative estimate of drug-likeness (QED) is 0.442. The van der Waals surface area contributed by atoms with Gasteiger partial charge in [0.25, 0.3) is 0 Å². The molecule has 3 aromatic rings. The molecule has 0 saturated carbocycles. The van der Waals surface area contributed by atoms with Crippen LogP contribution in [-0.2, 0) is 0 Å². The molecule has 4 aliphatic heterocycles. The minimum atomic E-state index is -0.200. The number of fused-ring (bicyclic) bond motifs is 2. The lowest BCUT2D eigenvalue weighted by Crippen LogP contribution is -2.69. The summed E-state index contributed by atoms with van der Waals surface area (Å²) in [5.74, 6) is 7.62. The van der Waals surface area contributed by atoms with Crippen molar-refractivity contribution in [2.24, 2.45) is 5.92 Å². The SMILES string of the molecule is CC1CC(O)CCN(CC#Cc2cc(N3C4CC3CN(c3cc(-c5ccccc5O)nnc3N)C4)ccn2)C1. The summed E-state index contributed by atoms with van der Waals surface area (Å²) < 4.78 is 0. The molecule has 4 aliphatic rings. The first-order chi connectivity index (χ1) is 18.9. The molecule has 7 rings (SSSR count). The highest BCUT2D eigenvalue weighted by atomic mass is 16.3. The molecule has 0 spiro atoms. The second kappa shape index (κ2) is 10.7. The number of piperidine rings is 1. The van der Waals surface area contributed by atoms with E-state index in [-0.39, 0.29) is 11.9 Å². The first kappa shape index (κ1) is 25.4. The summed E-state index contributed by atoms with van der Waals surface area (Å²) in [5.41, 5.74) is 10.3. The zero-order chi connectivity index (χ0) is 26.9. The van der Waals surface area contributed by atoms with Crippen LogP contribution in [-0.4, -0.2) is 81.2 Å². The van der Waals surface area contributed by atoms with Crippen molar-refractivity contribution in [1.29, 1.82) is 0 Å². The Labute approximate surface area is 229 Å². The first-order valence-electron chi connectivity index (χ1n) is 13.7. The summed E-state index contributed by atoms with van der Waals surface area (Å²) in [4.78, 5) is 11.6. The molecule has 4 fully saturated rings. The van der Waals surface area contributed by atoms with Crippen LogP contribution in [0.15, 0.2) is 48.7 Å². The minimum Gasteiger partial charge on any atom is -0.507 e. The number of phenolic OH excluding ortho intramolecular Hbond substituents is 1. The van der Waals surface area contributed by atoms with Gasteiger partial charge in [-0.15, -0.1) is 10.2 Å². The number of likely N-dealkylation sites (tertiary alicyclic amines) is 1. The van der Waals surface area contributed by atoms with Gasteiger partial charge in [-0.05, 0) is 61.4 Å². The van der Waals surface area contributed by atoms with Crippen molar-refractivity contribution < 1.29 is 10.2 Å². The van der Waals surface area contributed by atoms with E-state index in [1.165, 1.54) is 0 Å². The minimum absolute atomic E-state index is 0.173. The second-order valence-electron chi connectivity index (χ2n) is 11.1. The van der Waals surface area contributed by atoms with Crippen LogP contribution in [0.4, 0.5) is 17.2 Å². The predicted molar refractivity (Wildman–Crippen MR) is 152 cm³/mol. The molecule has 6 heterocycles. The van der Waals surface area contributed by atoms with Crippen LogP contribution in [0.25, 0.3) is 11.3 Å². The summed E-state index contributed by atoms with van der Waals surface area (Å²) in [7, 11) is 0. The number of aliphatic hydroxyl groups excluding tert-OH is 1. The van der Waals surface area contributed by atoms with Gasteiger partial charge in [-0.25, -0.2) is 4.98 Å². The number of nitrogen functional groups attached to an aromatic ring is 1. The molecule has 4 saturated heterocycles. The van der Waals surface area contributed by atoms with E-state index in [1.807, 2.05) is 24.4 Å². The third kappa shape index (κ3) is 5.35. The Morgan fingerprint density at radius 3 is 2.69 bits per heavy atom. The fraction of sp³-hybridized carbons (Fsp3) is 0.433. The van der Waals surface area contributed by atoms with Crippen molar-refractivity contribution in [2.45, 2.75) is 44.4 Å². The second-order valence-corrected chi connectivity index (χ2v) is 11.1. The number of aromatic hydroxyl groups is 1. The Hall–Kier alpha value is -3.87. The van der Waals surface area contributed by atoms with Crippen molar-refractivity contribution in [3.05, 3.63) is 54.4 Å². The molecule has 4 atom stereocenters. The molecule has 2 bridgehead atoms. The van der Waals surface area contributed by atoms with Crippen molar-refractivity contribution in [3.8, 4) is 28.8 Å². The summed E-state index contributed by atoms with van der Waals surface area (Å²) in [6.07, 6.45) is 4.45. The summed E-state index contributed by atoms with van der Waals surface area (Å²) in [5, 5.41) is 28.7. The molecule has 0 radical (unpaired) electrons. The summed E-state index contributed by atoms with van der Waals surface area (Å²) >= 11 is 0. The van der Waals surface area contributed by atoms with E-state index in [4.69, 9.17) is 5.73 Å². The summed E-state index contributed by atoms with van der Waals surface area (Å²) in [6.45, 7) is 6.39. The first-order valence-corrected chi connectivity index (χ1v) is 13.7. The van der Waals surface area contributed by atoms with E-state index in [1.54, 1.807) is 12.1 Å². The number of nitrogens with zero attached hydrogens (tertiary/aromatic N) is 6. The van der Waals surface area contributed by atoms with Gasteiger partial charge in [0, 0.05) is 55.7 Å². The Morgan fingerprint density at radius 2 is 1.87 bits per heavy atom. The number of hydrogen-bond donors (Lipinski definition) is 3. The molecule has 4 N–H and O–H groups in total. The molecular formula is C30H35N7O2. The molecule has 39 heavy (non-hydrogen) atoms. The molecule has 0 aliphatic carbocycles. The highest BCUT2D eigenvalue weighted by Crippen LogP contribution is 2.40. The van der Waals surface area contributed by atoms with Crippen LogP contribution in [0.3, 0.4) is 0 Å². The van der Waals surface area contributed by atoms with Gasteiger partial charge in [0.1, 0.15) is 11.4 Å². The van der Waals surface area contributed by atoms with Crippen LogP contribution in [0.2, 0.25) is 0 Å². The van der Waals surface area contributed by atoms with Gasteiger partial charge in [0.2, 0.25) is 0 Å². The lowest BCUT2D eigenvalue weighted by molar-refractivity contribution is 0.147. The molecular weight excluding hydrogens is 490 g/mol. The third-order valence-electron chi connectivity index (χ3n) is 8.10. The van der Waals surface area contributed by atoms with Gasteiger partial charge in [-0.2, -0.15) is 0 Å². The zero-order valence-electron chi connectivity index (χ0n) is 22.2. The van der Waals surface area contributed by atoms with Crippen molar-refractivity contribution in [2.75, 3.05) is 48.3 Å². The van der Waals surface area contributed by atoms with Gasteiger partial charge in [0.05, 0.1) is 24.0 Å². The number of anilines is 3. The number of rotatable bonds is 4. The molecule has 1 aromatic carbocycles. The summed E-state index contributed by atoms with van der Waals surface area (Å²) in [6, 6.07) is 13.9. The van der Waals surface area contributed by atoms with Crippen molar-refractivity contribution >= 4 is 17.2 Å². The largest absolute Gasteiger partial charge is 0.507 e. The lowest BCUT2D eigenvalue weighted by Gasteiger charge is -2.58. The number of piperazine rings is 1. The number of hydrogen-bond acceptors (Lipinski definition) is 9. The van der Waals surface area contributed by atoms with E-state index in [9.17, 15) is 10.2 Å². The van der Waals surface area contributed by atoms with E-state index >= 15 is 0 Å². The smallest absolute Gasteiger partial charge is 0.169 e. The molecule has 4 unspecified atom stereocenters. The number of nitrogens with two attached hydrogens (primary N) is 1. The van der Waals surface area contributed by atoms with E-state index in [2.05, 4.69) is 60.8 Å². The monoisotopic (exact) mass is 525 g/mol. The topological polar surface area (TPSA) is 115 Å². The van der Waals surface area contributed by atoms with Crippen LogP contribution in [0.5, 0.6) is 5.75 Å². The molecule has 2 aromatic heterocycles. The van der Waals surface area contributed by atoms with E-state index < -0.39 is 0 Å². The Balaban J connectivity index is 1.13. The zero-order valence-corrected chi connectivity index (χ0v) is 22.2. The van der Waals surface area contributed by atoms with Crippen LogP contribution in [0, 0.1) is 17.8 Å². The van der Waals surface area contributed by atoms with Gasteiger partial charge >= 0.3 is 0 Å². The van der Waals surface area contributed by atoms with Gasteiger partial charge in [0.15, 0.2) is 5.82 Å². The third-order valence-corrected chi connectivity index (χ3v) is 8.10. The van der Waals surface area contributed by atoms with Gasteiger partial charge < -0.3 is 25.7 Å². The van der Waals surface area contributed by atoms with Crippen LogP contribution < -0.4 is 15.5 Å². The predicted octanol–water partition coefficient (Wildman–Crippen LogP) is 2.74. The highest BCUT2D eigenvalue weighted by Gasteiger charge is 2.45. The van der Waals surface area contributed by atoms with Crippen LogP contribution in [0.1, 0.15) is 31.9 Å². The standard InChI is InChI=1S/C30H35N7O2/c1-20-13-25(38)9-12-35(17-20)11-4-5-21-14-22(8-10-32-21)37-23-15-24(37)19-36(18-23)28-16-27(33-34-30(28)31)26-6-2-3-7-29(26)39/h2-3,6-8,10,14,16,20,23-25,38-39H,9,11-13,15,17-19H2,1H3,(H2,31,34). The highest BCUT2D eigenvalue weighted by molar-refractivity contribution is 5.74. The molecule has 9 nitrogen and oxygen atoms in total.